The second-order valence-corrected chi connectivity index (χ2v) is 6.85. The van der Waals surface area contributed by atoms with E-state index >= 15 is 0 Å². The molecule has 2 heterocycles. The van der Waals surface area contributed by atoms with Crippen LogP contribution in [0, 0.1) is 5.41 Å². The van der Waals surface area contributed by atoms with Crippen LogP contribution in [0.1, 0.15) is 31.2 Å². The molecule has 3 rings (SSSR count). The Bertz CT molecular complexity index is 686. The van der Waals surface area contributed by atoms with Gasteiger partial charge in [-0.25, -0.2) is 0 Å². The third kappa shape index (κ3) is 2.86. The molecule has 2 fully saturated rings. The summed E-state index contributed by atoms with van der Waals surface area (Å²) < 4.78 is 10.4. The molecule has 0 aromatic heterocycles. The lowest BCUT2D eigenvalue weighted by atomic mass is 9.70. The number of methoxy groups -OCH3 is 2. The molecule has 0 N–H and O–H groups in total. The zero-order chi connectivity index (χ0) is 18.0. The molecule has 0 radical (unpaired) electrons. The summed E-state index contributed by atoms with van der Waals surface area (Å²) in [5.41, 5.74) is -0.00879. The van der Waals surface area contributed by atoms with Gasteiger partial charge in [0.1, 0.15) is 11.2 Å². The molecule has 0 amide bonds. The van der Waals surface area contributed by atoms with Crippen molar-refractivity contribution < 1.29 is 19.1 Å². The fourth-order valence-electron chi connectivity index (χ4n) is 4.48. The molecular weight excluding hydrogens is 318 g/mol. The molecule has 2 aliphatic heterocycles. The summed E-state index contributed by atoms with van der Waals surface area (Å²) in [6, 6.07) is 7.97. The summed E-state index contributed by atoms with van der Waals surface area (Å²) in [5.74, 6) is 0.371. The predicted octanol–water partition coefficient (Wildman–Crippen LogP) is 2.74. The number of Topliss-reactive ketones (excluding diaryl/α,β-unsaturated/α-hetero) is 1. The Balaban J connectivity index is 1.94. The van der Waals surface area contributed by atoms with E-state index in [2.05, 4.69) is 11.5 Å². The quantitative estimate of drug-likeness (QED) is 0.452. The zero-order valence-corrected chi connectivity index (χ0v) is 14.9. The maximum Gasteiger partial charge on any atom is 0.321 e. The number of hydrogen-bond acceptors (Lipinski definition) is 5. The van der Waals surface area contributed by atoms with Crippen LogP contribution in [0.15, 0.2) is 36.9 Å². The molecule has 5 nitrogen and oxygen atoms in total. The summed E-state index contributed by atoms with van der Waals surface area (Å²) in [5, 5.41) is 0. The number of carbonyl (C=O) groups excluding carboxylic acids is 2. The second-order valence-electron chi connectivity index (χ2n) is 6.85. The third-order valence-corrected chi connectivity index (χ3v) is 5.65. The average molecular weight is 343 g/mol. The van der Waals surface area contributed by atoms with Crippen LogP contribution in [-0.2, 0) is 20.9 Å². The lowest BCUT2D eigenvalue weighted by molar-refractivity contribution is -0.166. The third-order valence-electron chi connectivity index (χ3n) is 5.65. The highest BCUT2D eigenvalue weighted by Crippen LogP contribution is 2.48. The lowest BCUT2D eigenvalue weighted by Crippen LogP contribution is -2.60. The Morgan fingerprint density at radius 1 is 1.40 bits per heavy atom. The lowest BCUT2D eigenvalue weighted by Gasteiger charge is -2.45. The van der Waals surface area contributed by atoms with E-state index in [1.54, 1.807) is 13.2 Å². The highest BCUT2D eigenvalue weighted by Gasteiger charge is 2.60. The summed E-state index contributed by atoms with van der Waals surface area (Å²) in [4.78, 5) is 27.8. The number of rotatable bonds is 6. The number of esters is 1. The van der Waals surface area contributed by atoms with Gasteiger partial charge in [-0.3, -0.25) is 14.5 Å². The van der Waals surface area contributed by atoms with Gasteiger partial charge in [-0.2, -0.15) is 0 Å². The Morgan fingerprint density at radius 2 is 2.20 bits per heavy atom. The number of carbonyl (C=O) groups is 2. The summed E-state index contributed by atoms with van der Waals surface area (Å²) in [6.07, 6.45) is 4.13. The van der Waals surface area contributed by atoms with Crippen LogP contribution in [0.3, 0.4) is 0 Å². The topological polar surface area (TPSA) is 55.8 Å². The summed E-state index contributed by atoms with van der Waals surface area (Å²) in [6.45, 7) is 4.46. The van der Waals surface area contributed by atoms with E-state index in [0.717, 1.165) is 24.2 Å². The van der Waals surface area contributed by atoms with Crippen molar-refractivity contribution in [2.45, 2.75) is 44.3 Å². The summed E-state index contributed by atoms with van der Waals surface area (Å²) in [7, 11) is 3.00. The van der Waals surface area contributed by atoms with Gasteiger partial charge in [0.25, 0.3) is 0 Å². The first kappa shape index (κ1) is 17.7. The smallest absolute Gasteiger partial charge is 0.321 e. The van der Waals surface area contributed by atoms with Crippen molar-refractivity contribution in [2.75, 3.05) is 14.2 Å². The number of nitrogens with zero attached hydrogens (tertiary/aromatic N) is 1. The van der Waals surface area contributed by atoms with Crippen LogP contribution in [0.5, 0.6) is 5.75 Å². The average Bonchev–Trinajstić information content (AvgIpc) is 2.94. The van der Waals surface area contributed by atoms with Crippen LogP contribution in [0.25, 0.3) is 0 Å². The molecule has 2 bridgehead atoms. The molecule has 5 heteroatoms. The first-order chi connectivity index (χ1) is 12.1. The molecule has 134 valence electrons. The van der Waals surface area contributed by atoms with Gasteiger partial charge >= 0.3 is 5.97 Å². The maximum absolute atomic E-state index is 12.9. The van der Waals surface area contributed by atoms with Gasteiger partial charge in [-0.15, -0.1) is 6.58 Å². The fraction of sp³-hybridized carbons (Fsp3) is 0.500. The minimum atomic E-state index is -1.12. The largest absolute Gasteiger partial charge is 0.497 e. The molecule has 0 unspecified atom stereocenters. The molecule has 0 aliphatic carbocycles. The van der Waals surface area contributed by atoms with Gasteiger partial charge in [-0.05, 0) is 37.0 Å². The van der Waals surface area contributed by atoms with Crippen LogP contribution in [0.4, 0.5) is 0 Å². The van der Waals surface area contributed by atoms with E-state index in [4.69, 9.17) is 9.47 Å². The van der Waals surface area contributed by atoms with Crippen molar-refractivity contribution in [3.8, 4) is 5.75 Å². The molecule has 25 heavy (non-hydrogen) atoms. The van der Waals surface area contributed by atoms with Gasteiger partial charge in [0.15, 0.2) is 5.78 Å². The first-order valence-electron chi connectivity index (χ1n) is 8.68. The van der Waals surface area contributed by atoms with Gasteiger partial charge in [0.2, 0.25) is 0 Å². The zero-order valence-electron chi connectivity index (χ0n) is 14.9. The molecular formula is C20H25NO4. The van der Waals surface area contributed by atoms with E-state index in [9.17, 15) is 9.59 Å². The molecule has 2 saturated heterocycles. The molecule has 2 aliphatic rings. The molecule has 1 aromatic rings. The van der Waals surface area contributed by atoms with Crippen molar-refractivity contribution in [1.29, 1.82) is 0 Å². The normalized spacial score (nSPS) is 28.6. The number of allylic oxidation sites excluding steroid dienone is 1. The Hall–Kier alpha value is -2.14. The van der Waals surface area contributed by atoms with E-state index in [1.807, 2.05) is 24.3 Å². The Labute approximate surface area is 148 Å². The van der Waals surface area contributed by atoms with Crippen LogP contribution >= 0.6 is 0 Å². The number of hydrogen-bond donors (Lipinski definition) is 0. The monoisotopic (exact) mass is 343 g/mol. The number of benzene rings is 1. The molecule has 0 saturated carbocycles. The van der Waals surface area contributed by atoms with Gasteiger partial charge < -0.3 is 9.47 Å². The predicted molar refractivity (Wildman–Crippen MR) is 94.2 cm³/mol. The fourth-order valence-corrected chi connectivity index (χ4v) is 4.48. The second kappa shape index (κ2) is 7.00. The minimum Gasteiger partial charge on any atom is -0.497 e. The molecule has 3 atom stereocenters. The number of fused-ring (bicyclic) bond motifs is 2. The van der Waals surface area contributed by atoms with Crippen molar-refractivity contribution in [1.82, 2.24) is 4.90 Å². The van der Waals surface area contributed by atoms with Crippen molar-refractivity contribution in [2.24, 2.45) is 5.41 Å². The number of piperidine rings is 1. The van der Waals surface area contributed by atoms with Crippen molar-refractivity contribution in [3.05, 3.63) is 42.5 Å². The maximum atomic E-state index is 12.9. The van der Waals surface area contributed by atoms with Gasteiger partial charge in [0, 0.05) is 25.0 Å². The molecule has 0 spiro atoms. The summed E-state index contributed by atoms with van der Waals surface area (Å²) >= 11 is 0. The van der Waals surface area contributed by atoms with Gasteiger partial charge in [0.05, 0.1) is 14.2 Å². The Morgan fingerprint density at radius 3 is 2.88 bits per heavy atom. The number of ketones is 1. The van der Waals surface area contributed by atoms with Crippen LogP contribution in [-0.4, -0.2) is 43.0 Å². The highest BCUT2D eigenvalue weighted by molar-refractivity contribution is 6.06. The standard InChI is InChI=1S/C20H25NO4/c1-4-10-20(19(23)25-3)17-9-8-15(12-18(20)22)21(17)13-14-6-5-7-16(11-14)24-2/h4-7,11,15,17H,1,8-10,12-13H2,2-3H3/t15-,17-,20-/m1/s1. The van der Waals surface area contributed by atoms with Crippen LogP contribution < -0.4 is 4.74 Å². The van der Waals surface area contributed by atoms with E-state index < -0.39 is 11.4 Å². The van der Waals surface area contributed by atoms with Crippen molar-refractivity contribution >= 4 is 11.8 Å². The molecule has 1 aromatic carbocycles. The SMILES string of the molecule is C=CC[C@]1(C(=O)OC)C(=O)C[C@H]2CC[C@H]1N2Cc1cccc(OC)c1. The highest BCUT2D eigenvalue weighted by atomic mass is 16.5. The van der Waals surface area contributed by atoms with Gasteiger partial charge in [-0.1, -0.05) is 18.2 Å². The Kier molecular flexibility index (Phi) is 4.95. The van der Waals surface area contributed by atoms with E-state index in [-0.39, 0.29) is 17.9 Å². The van der Waals surface area contributed by atoms with E-state index in [1.165, 1.54) is 7.11 Å². The number of ether oxygens (including phenoxy) is 2. The minimum absolute atomic E-state index is 0.00589. The van der Waals surface area contributed by atoms with Crippen molar-refractivity contribution in [3.63, 3.8) is 0 Å². The van der Waals surface area contributed by atoms with Crippen LogP contribution in [0.2, 0.25) is 0 Å². The van der Waals surface area contributed by atoms with E-state index in [0.29, 0.717) is 19.4 Å². The first-order valence-corrected chi connectivity index (χ1v) is 8.68.